The fourth-order valence-electron chi connectivity index (χ4n) is 2.99. The van der Waals surface area contributed by atoms with Crippen molar-refractivity contribution in [3.8, 4) is 11.3 Å². The summed E-state index contributed by atoms with van der Waals surface area (Å²) in [4.78, 5) is 0.208. The van der Waals surface area contributed by atoms with Gasteiger partial charge in [-0.3, -0.25) is 0 Å². The van der Waals surface area contributed by atoms with Gasteiger partial charge in [-0.05, 0) is 36.8 Å². The van der Waals surface area contributed by atoms with Crippen LogP contribution in [0, 0.1) is 6.92 Å². The summed E-state index contributed by atoms with van der Waals surface area (Å²) in [7, 11) is -3.82. The Morgan fingerprint density at radius 3 is 2.07 bits per heavy atom. The van der Waals surface area contributed by atoms with Crippen molar-refractivity contribution in [3.05, 3.63) is 108 Å². The molecule has 4 rings (SSSR count). The summed E-state index contributed by atoms with van der Waals surface area (Å²) in [5, 5.41) is 4.44. The maximum absolute atomic E-state index is 13.3. The molecule has 3 aromatic carbocycles. The van der Waals surface area contributed by atoms with Gasteiger partial charge in [-0.25, -0.2) is 0 Å². The van der Waals surface area contributed by atoms with Crippen LogP contribution in [0.5, 0.6) is 0 Å². The summed E-state index contributed by atoms with van der Waals surface area (Å²) in [6.45, 7) is 1.92. The van der Waals surface area contributed by atoms with Crippen molar-refractivity contribution >= 4 is 22.2 Å². The fraction of sp³-hybridized carbons (Fsp3) is 0.0417. The standard InChI is InChI=1S/C24H20N2O2S/c1-19-12-16-23(17-13-19)29(27,28)26-22(15-14-20-8-4-2-5-9-20)18-24(25-26)21-10-6-3-7-11-21/h2-18H,1H3/b15-14+. The summed E-state index contributed by atoms with van der Waals surface area (Å²) in [6, 6.07) is 27.9. The van der Waals surface area contributed by atoms with Crippen molar-refractivity contribution < 1.29 is 8.42 Å². The Hall–Kier alpha value is -3.44. The van der Waals surface area contributed by atoms with Crippen molar-refractivity contribution in [2.24, 2.45) is 0 Å². The zero-order chi connectivity index (χ0) is 20.3. The highest BCUT2D eigenvalue weighted by molar-refractivity contribution is 7.89. The third-order valence-electron chi connectivity index (χ3n) is 4.57. The molecule has 1 heterocycles. The van der Waals surface area contributed by atoms with Gasteiger partial charge in [0.2, 0.25) is 0 Å². The molecule has 0 atom stereocenters. The van der Waals surface area contributed by atoms with Gasteiger partial charge in [-0.2, -0.15) is 17.6 Å². The van der Waals surface area contributed by atoms with Crippen LogP contribution in [0.15, 0.2) is 95.9 Å². The van der Waals surface area contributed by atoms with Gasteiger partial charge in [0.1, 0.15) is 0 Å². The lowest BCUT2D eigenvalue weighted by Gasteiger charge is -2.07. The molecule has 0 saturated carbocycles. The monoisotopic (exact) mass is 400 g/mol. The van der Waals surface area contributed by atoms with Gasteiger partial charge in [0.15, 0.2) is 0 Å². The second-order valence-electron chi connectivity index (χ2n) is 6.73. The van der Waals surface area contributed by atoms with E-state index >= 15 is 0 Å². The van der Waals surface area contributed by atoms with Crippen LogP contribution in [-0.2, 0) is 10.0 Å². The Labute approximate surface area is 170 Å². The first-order valence-electron chi connectivity index (χ1n) is 9.25. The minimum Gasteiger partial charge on any atom is -0.199 e. The number of nitrogens with zero attached hydrogens (tertiary/aromatic N) is 2. The lowest BCUT2D eigenvalue weighted by molar-refractivity contribution is 0.580. The number of aryl methyl sites for hydroxylation is 1. The Balaban J connectivity index is 1.84. The maximum atomic E-state index is 13.3. The zero-order valence-electron chi connectivity index (χ0n) is 15.9. The van der Waals surface area contributed by atoms with Gasteiger partial charge in [0, 0.05) is 5.56 Å². The number of hydrogen-bond donors (Lipinski definition) is 0. The summed E-state index contributed by atoms with van der Waals surface area (Å²) in [5.41, 5.74) is 3.94. The maximum Gasteiger partial charge on any atom is 0.283 e. The molecular formula is C24H20N2O2S. The highest BCUT2D eigenvalue weighted by atomic mass is 32.2. The van der Waals surface area contributed by atoms with Gasteiger partial charge in [-0.15, -0.1) is 0 Å². The quantitative estimate of drug-likeness (QED) is 0.459. The number of aromatic nitrogens is 2. The van der Waals surface area contributed by atoms with E-state index in [-0.39, 0.29) is 4.90 Å². The summed E-state index contributed by atoms with van der Waals surface area (Å²) in [6.07, 6.45) is 3.66. The normalized spacial score (nSPS) is 11.8. The molecule has 0 N–H and O–H groups in total. The average molecular weight is 401 g/mol. The molecule has 0 bridgehead atoms. The van der Waals surface area contributed by atoms with Crippen molar-refractivity contribution in [3.63, 3.8) is 0 Å². The highest BCUT2D eigenvalue weighted by Gasteiger charge is 2.22. The molecule has 0 aliphatic carbocycles. The van der Waals surface area contributed by atoms with Gasteiger partial charge >= 0.3 is 0 Å². The first-order chi connectivity index (χ1) is 14.0. The molecule has 4 nitrogen and oxygen atoms in total. The molecular weight excluding hydrogens is 380 g/mol. The molecule has 0 aliphatic rings. The van der Waals surface area contributed by atoms with E-state index in [1.807, 2.05) is 73.7 Å². The molecule has 0 fully saturated rings. The van der Waals surface area contributed by atoms with Crippen LogP contribution in [0.1, 0.15) is 16.8 Å². The Morgan fingerprint density at radius 1 is 0.793 bits per heavy atom. The Bertz CT molecular complexity index is 1240. The smallest absolute Gasteiger partial charge is 0.199 e. The third-order valence-corrected chi connectivity index (χ3v) is 6.18. The lowest BCUT2D eigenvalue weighted by atomic mass is 10.1. The average Bonchev–Trinajstić information content (AvgIpc) is 3.19. The zero-order valence-corrected chi connectivity index (χ0v) is 16.8. The van der Waals surface area contributed by atoms with E-state index in [2.05, 4.69) is 5.10 Å². The van der Waals surface area contributed by atoms with Crippen LogP contribution in [0.3, 0.4) is 0 Å². The van der Waals surface area contributed by atoms with Gasteiger partial charge in [-0.1, -0.05) is 84.4 Å². The molecule has 0 amide bonds. The fourth-order valence-corrected chi connectivity index (χ4v) is 4.26. The SMILES string of the molecule is Cc1ccc(S(=O)(=O)n2nc(-c3ccccc3)cc2/C=C/c2ccccc2)cc1. The molecule has 0 radical (unpaired) electrons. The third kappa shape index (κ3) is 4.05. The highest BCUT2D eigenvalue weighted by Crippen LogP contribution is 2.24. The molecule has 5 heteroatoms. The molecule has 0 saturated heterocycles. The van der Waals surface area contributed by atoms with Crippen molar-refractivity contribution in [2.45, 2.75) is 11.8 Å². The summed E-state index contributed by atoms with van der Waals surface area (Å²) < 4.78 is 27.7. The number of rotatable bonds is 5. The predicted octanol–water partition coefficient (Wildman–Crippen LogP) is 5.27. The second-order valence-corrected chi connectivity index (χ2v) is 8.49. The molecule has 0 unspecified atom stereocenters. The topological polar surface area (TPSA) is 52.0 Å². The lowest BCUT2D eigenvalue weighted by Crippen LogP contribution is -2.16. The molecule has 4 aromatic rings. The van der Waals surface area contributed by atoms with Crippen LogP contribution < -0.4 is 0 Å². The molecule has 0 spiro atoms. The van der Waals surface area contributed by atoms with Crippen molar-refractivity contribution in [1.82, 2.24) is 9.19 Å². The summed E-state index contributed by atoms with van der Waals surface area (Å²) in [5.74, 6) is 0. The van der Waals surface area contributed by atoms with Crippen LogP contribution in [-0.4, -0.2) is 17.6 Å². The van der Waals surface area contributed by atoms with Crippen LogP contribution in [0.25, 0.3) is 23.4 Å². The Kier molecular flexibility index (Phi) is 5.14. The minimum absolute atomic E-state index is 0.208. The number of benzene rings is 3. The van der Waals surface area contributed by atoms with Crippen molar-refractivity contribution in [2.75, 3.05) is 0 Å². The first kappa shape index (κ1) is 18.9. The summed E-state index contributed by atoms with van der Waals surface area (Å²) >= 11 is 0. The van der Waals surface area contributed by atoms with Crippen LogP contribution in [0.4, 0.5) is 0 Å². The first-order valence-corrected chi connectivity index (χ1v) is 10.7. The van der Waals surface area contributed by atoms with E-state index < -0.39 is 10.0 Å². The van der Waals surface area contributed by atoms with E-state index in [1.54, 1.807) is 36.4 Å². The van der Waals surface area contributed by atoms with Gasteiger partial charge in [0.05, 0.1) is 16.3 Å². The van der Waals surface area contributed by atoms with E-state index in [1.165, 1.54) is 0 Å². The number of hydrogen-bond acceptors (Lipinski definition) is 3. The van der Waals surface area contributed by atoms with E-state index in [0.717, 1.165) is 20.8 Å². The van der Waals surface area contributed by atoms with E-state index in [0.29, 0.717) is 11.4 Å². The molecule has 144 valence electrons. The molecule has 1 aromatic heterocycles. The minimum atomic E-state index is -3.82. The predicted molar refractivity (Wildman–Crippen MR) is 117 cm³/mol. The van der Waals surface area contributed by atoms with Crippen molar-refractivity contribution in [1.29, 1.82) is 0 Å². The Morgan fingerprint density at radius 2 is 1.41 bits per heavy atom. The largest absolute Gasteiger partial charge is 0.283 e. The van der Waals surface area contributed by atoms with Gasteiger partial charge in [0.25, 0.3) is 10.0 Å². The molecule has 29 heavy (non-hydrogen) atoms. The molecule has 0 aliphatic heterocycles. The van der Waals surface area contributed by atoms with E-state index in [4.69, 9.17) is 0 Å². The van der Waals surface area contributed by atoms with Crippen LogP contribution in [0.2, 0.25) is 0 Å². The van der Waals surface area contributed by atoms with E-state index in [9.17, 15) is 8.42 Å². The van der Waals surface area contributed by atoms with Crippen LogP contribution >= 0.6 is 0 Å². The van der Waals surface area contributed by atoms with Gasteiger partial charge < -0.3 is 0 Å². The second kappa shape index (κ2) is 7.89.